The zero-order valence-corrected chi connectivity index (χ0v) is 7.23. The number of hydrogen-bond acceptors (Lipinski definition) is 1. The zero-order chi connectivity index (χ0) is 7.14. The smallest absolute Gasteiger partial charge is 0.224 e. The van der Waals surface area contributed by atoms with Gasteiger partial charge in [-0.05, 0) is 18.8 Å². The Kier molecular flexibility index (Phi) is 1.48. The molecular weight excluding hydrogens is 194 g/mol. The number of amides is 1. The first kappa shape index (κ1) is 6.65. The molecule has 1 aliphatic heterocycles. The maximum atomic E-state index is 11.1. The molecule has 0 unspecified atom stereocenters. The van der Waals surface area contributed by atoms with Crippen LogP contribution < -0.4 is 5.32 Å². The molecule has 1 saturated heterocycles. The maximum absolute atomic E-state index is 11.1. The molecule has 0 aromatic rings. The van der Waals surface area contributed by atoms with Crippen molar-refractivity contribution in [1.82, 2.24) is 5.32 Å². The van der Waals surface area contributed by atoms with E-state index in [0.717, 1.165) is 13.0 Å². The molecule has 1 saturated carbocycles. The normalized spacial score (nSPS) is 45.3. The van der Waals surface area contributed by atoms with Gasteiger partial charge in [-0.15, -0.1) is 0 Å². The molecule has 2 bridgehead atoms. The highest BCUT2D eigenvalue weighted by Crippen LogP contribution is 2.38. The molecule has 1 aliphatic carbocycles. The highest BCUT2D eigenvalue weighted by Gasteiger charge is 2.42. The average molecular weight is 204 g/mol. The predicted molar refractivity (Wildman–Crippen MR) is 41.9 cm³/mol. The van der Waals surface area contributed by atoms with E-state index in [-0.39, 0.29) is 11.8 Å². The van der Waals surface area contributed by atoms with Gasteiger partial charge in [0.15, 0.2) is 0 Å². The van der Waals surface area contributed by atoms with Gasteiger partial charge in [-0.25, -0.2) is 0 Å². The monoisotopic (exact) mass is 203 g/mol. The Morgan fingerprint density at radius 2 is 2.30 bits per heavy atom. The van der Waals surface area contributed by atoms with E-state index in [1.165, 1.54) is 6.42 Å². The summed E-state index contributed by atoms with van der Waals surface area (Å²) in [7, 11) is 0. The molecule has 56 valence electrons. The average Bonchev–Trinajstić information content (AvgIpc) is 2.13. The number of rotatable bonds is 0. The minimum Gasteiger partial charge on any atom is -0.356 e. The van der Waals surface area contributed by atoms with Crippen molar-refractivity contribution in [1.29, 1.82) is 0 Å². The Morgan fingerprint density at radius 3 is 3.00 bits per heavy atom. The maximum Gasteiger partial charge on any atom is 0.224 e. The first-order chi connectivity index (χ1) is 4.79. The lowest BCUT2D eigenvalue weighted by Crippen LogP contribution is -2.43. The SMILES string of the molecule is O=C1NC[C@@H]2CC[C@H]1[C@@H]2Br. The molecule has 1 amide bonds. The van der Waals surface area contributed by atoms with Crippen molar-refractivity contribution >= 4 is 21.8 Å². The van der Waals surface area contributed by atoms with Gasteiger partial charge < -0.3 is 5.32 Å². The largest absolute Gasteiger partial charge is 0.356 e. The zero-order valence-electron chi connectivity index (χ0n) is 5.64. The summed E-state index contributed by atoms with van der Waals surface area (Å²) < 4.78 is 0. The number of piperidine rings is 1. The van der Waals surface area contributed by atoms with Crippen molar-refractivity contribution in [3.8, 4) is 0 Å². The van der Waals surface area contributed by atoms with E-state index in [9.17, 15) is 4.79 Å². The lowest BCUT2D eigenvalue weighted by molar-refractivity contribution is -0.125. The standard InChI is InChI=1S/C7H10BrNO/c8-6-4-1-2-5(6)7(10)9-3-4/h4-6H,1-3H2,(H,9,10)/t4-,5-,6+/m0/s1. The van der Waals surface area contributed by atoms with Crippen LogP contribution in [0, 0.1) is 11.8 Å². The lowest BCUT2D eigenvalue weighted by atomic mass is 10.00. The van der Waals surface area contributed by atoms with Crippen LogP contribution in [0.15, 0.2) is 0 Å². The topological polar surface area (TPSA) is 29.1 Å². The van der Waals surface area contributed by atoms with Crippen LogP contribution in [0.2, 0.25) is 0 Å². The van der Waals surface area contributed by atoms with Gasteiger partial charge in [0, 0.05) is 11.4 Å². The van der Waals surface area contributed by atoms with Crippen molar-refractivity contribution in [2.24, 2.45) is 11.8 Å². The summed E-state index contributed by atoms with van der Waals surface area (Å²) in [5.41, 5.74) is 0. The van der Waals surface area contributed by atoms with Crippen molar-refractivity contribution < 1.29 is 4.79 Å². The van der Waals surface area contributed by atoms with Gasteiger partial charge in [0.2, 0.25) is 5.91 Å². The fourth-order valence-corrected chi connectivity index (χ4v) is 2.85. The van der Waals surface area contributed by atoms with Crippen LogP contribution in [0.5, 0.6) is 0 Å². The van der Waals surface area contributed by atoms with Gasteiger partial charge >= 0.3 is 0 Å². The summed E-state index contributed by atoms with van der Waals surface area (Å²) in [5, 5.41) is 2.91. The van der Waals surface area contributed by atoms with Crippen molar-refractivity contribution in [2.75, 3.05) is 6.54 Å². The Labute approximate surface area is 68.5 Å². The van der Waals surface area contributed by atoms with E-state index in [1.54, 1.807) is 0 Å². The van der Waals surface area contributed by atoms with Crippen LogP contribution in [0.1, 0.15) is 12.8 Å². The van der Waals surface area contributed by atoms with Crippen LogP contribution >= 0.6 is 15.9 Å². The van der Waals surface area contributed by atoms with E-state index in [2.05, 4.69) is 21.2 Å². The molecular formula is C7H10BrNO. The summed E-state index contributed by atoms with van der Waals surface area (Å²) in [6.45, 7) is 0.880. The van der Waals surface area contributed by atoms with E-state index in [4.69, 9.17) is 0 Å². The second-order valence-electron chi connectivity index (χ2n) is 3.13. The summed E-state index contributed by atoms with van der Waals surface area (Å²) in [6.07, 6.45) is 2.28. The lowest BCUT2D eigenvalue weighted by Gasteiger charge is -2.24. The van der Waals surface area contributed by atoms with Gasteiger partial charge in [0.25, 0.3) is 0 Å². The number of halogens is 1. The molecule has 0 aromatic heterocycles. The Morgan fingerprint density at radius 1 is 1.50 bits per heavy atom. The summed E-state index contributed by atoms with van der Waals surface area (Å²) >= 11 is 3.56. The third-order valence-corrected chi connectivity index (χ3v) is 3.94. The molecule has 0 aromatic carbocycles. The molecule has 3 heteroatoms. The highest BCUT2D eigenvalue weighted by atomic mass is 79.9. The van der Waals surface area contributed by atoms with Crippen molar-refractivity contribution in [3.05, 3.63) is 0 Å². The number of carbonyl (C=O) groups excluding carboxylic acids is 1. The number of alkyl halides is 1. The molecule has 2 aliphatic rings. The summed E-state index contributed by atoms with van der Waals surface area (Å²) in [4.78, 5) is 11.6. The number of carbonyl (C=O) groups is 1. The molecule has 2 rings (SSSR count). The molecule has 3 atom stereocenters. The molecule has 0 radical (unpaired) electrons. The van der Waals surface area contributed by atoms with Crippen molar-refractivity contribution in [2.45, 2.75) is 17.7 Å². The summed E-state index contributed by atoms with van der Waals surface area (Å²) in [6, 6.07) is 0. The highest BCUT2D eigenvalue weighted by molar-refractivity contribution is 9.09. The minimum atomic E-state index is 0.246. The third-order valence-electron chi connectivity index (χ3n) is 2.56. The molecule has 0 spiro atoms. The Bertz CT molecular complexity index is 171. The van der Waals surface area contributed by atoms with Crippen LogP contribution in [0.4, 0.5) is 0 Å². The van der Waals surface area contributed by atoms with E-state index >= 15 is 0 Å². The van der Waals surface area contributed by atoms with E-state index < -0.39 is 0 Å². The third kappa shape index (κ3) is 0.797. The van der Waals surface area contributed by atoms with Gasteiger partial charge in [0.1, 0.15) is 0 Å². The number of fused-ring (bicyclic) bond motifs is 2. The van der Waals surface area contributed by atoms with Gasteiger partial charge in [0.05, 0.1) is 5.92 Å². The van der Waals surface area contributed by atoms with Crippen LogP contribution in [0.25, 0.3) is 0 Å². The predicted octanol–water partition coefficient (Wildman–Crippen LogP) is 0.906. The quantitative estimate of drug-likeness (QED) is 0.583. The molecule has 2 fully saturated rings. The molecule has 1 N–H and O–H groups in total. The molecule has 2 nitrogen and oxygen atoms in total. The first-order valence-corrected chi connectivity index (χ1v) is 4.62. The Hall–Kier alpha value is -0.0500. The van der Waals surface area contributed by atoms with Gasteiger partial charge in [-0.3, -0.25) is 4.79 Å². The second kappa shape index (κ2) is 2.22. The molecule has 10 heavy (non-hydrogen) atoms. The van der Waals surface area contributed by atoms with Crippen LogP contribution in [-0.4, -0.2) is 17.3 Å². The molecule has 1 heterocycles. The van der Waals surface area contributed by atoms with Gasteiger partial charge in [-0.1, -0.05) is 15.9 Å². The van der Waals surface area contributed by atoms with E-state index in [1.807, 2.05) is 0 Å². The van der Waals surface area contributed by atoms with E-state index in [0.29, 0.717) is 10.7 Å². The first-order valence-electron chi connectivity index (χ1n) is 3.71. The van der Waals surface area contributed by atoms with Crippen molar-refractivity contribution in [3.63, 3.8) is 0 Å². The number of nitrogens with one attached hydrogen (secondary N) is 1. The fourth-order valence-electron chi connectivity index (χ4n) is 1.89. The minimum absolute atomic E-state index is 0.246. The van der Waals surface area contributed by atoms with Crippen LogP contribution in [0.3, 0.4) is 0 Å². The summed E-state index contributed by atoms with van der Waals surface area (Å²) in [5.74, 6) is 1.21. The second-order valence-corrected chi connectivity index (χ2v) is 4.19. The van der Waals surface area contributed by atoms with Gasteiger partial charge in [-0.2, -0.15) is 0 Å². The Balaban J connectivity index is 2.20. The fraction of sp³-hybridized carbons (Fsp3) is 0.857. The number of hydrogen-bond donors (Lipinski definition) is 1. The van der Waals surface area contributed by atoms with Crippen LogP contribution in [-0.2, 0) is 4.79 Å².